The maximum Gasteiger partial charge on any atom is 0.303 e. The van der Waals surface area contributed by atoms with E-state index in [4.69, 9.17) is 10.8 Å². The van der Waals surface area contributed by atoms with Gasteiger partial charge in [0.25, 0.3) is 0 Å². The molecule has 14 heavy (non-hydrogen) atoms. The van der Waals surface area contributed by atoms with Gasteiger partial charge in [-0.2, -0.15) is 0 Å². The SMILES string of the molecule is Nc1ccccc1/C=C/CCC(=O)O. The van der Waals surface area contributed by atoms with Crippen LogP contribution in [0, 0.1) is 0 Å². The van der Waals surface area contributed by atoms with Crippen molar-refractivity contribution >= 4 is 17.7 Å². The highest BCUT2D eigenvalue weighted by Gasteiger charge is 1.93. The molecule has 0 aromatic heterocycles. The average molecular weight is 191 g/mol. The quantitative estimate of drug-likeness (QED) is 0.717. The number of rotatable bonds is 4. The van der Waals surface area contributed by atoms with Crippen LogP contribution >= 0.6 is 0 Å². The van der Waals surface area contributed by atoms with Crippen molar-refractivity contribution in [2.24, 2.45) is 0 Å². The highest BCUT2D eigenvalue weighted by Crippen LogP contribution is 2.12. The molecule has 0 saturated carbocycles. The van der Waals surface area contributed by atoms with Crippen molar-refractivity contribution in [3.8, 4) is 0 Å². The number of benzene rings is 1. The summed E-state index contributed by atoms with van der Waals surface area (Å²) in [6.45, 7) is 0. The molecule has 1 aromatic carbocycles. The second-order valence-corrected chi connectivity index (χ2v) is 2.96. The Bertz CT molecular complexity index is 345. The van der Waals surface area contributed by atoms with Crippen molar-refractivity contribution in [1.29, 1.82) is 0 Å². The number of para-hydroxylation sites is 1. The van der Waals surface area contributed by atoms with Crippen molar-refractivity contribution in [2.75, 3.05) is 5.73 Å². The minimum atomic E-state index is -0.782. The third-order valence-electron chi connectivity index (χ3n) is 1.82. The Labute approximate surface area is 82.9 Å². The van der Waals surface area contributed by atoms with Crippen LogP contribution in [0.2, 0.25) is 0 Å². The molecule has 0 heterocycles. The lowest BCUT2D eigenvalue weighted by Gasteiger charge is -1.97. The lowest BCUT2D eigenvalue weighted by Crippen LogP contribution is -1.92. The van der Waals surface area contributed by atoms with E-state index in [1.807, 2.05) is 36.4 Å². The summed E-state index contributed by atoms with van der Waals surface area (Å²) in [5.41, 5.74) is 7.33. The van der Waals surface area contributed by atoms with Crippen LogP contribution in [0.5, 0.6) is 0 Å². The zero-order valence-electron chi connectivity index (χ0n) is 7.81. The summed E-state index contributed by atoms with van der Waals surface area (Å²) in [6.07, 6.45) is 4.35. The van der Waals surface area contributed by atoms with Gasteiger partial charge in [0.15, 0.2) is 0 Å². The van der Waals surface area contributed by atoms with Gasteiger partial charge < -0.3 is 10.8 Å². The van der Waals surface area contributed by atoms with Gasteiger partial charge >= 0.3 is 5.97 Å². The maximum absolute atomic E-state index is 10.2. The molecule has 74 valence electrons. The predicted octanol–water partition coefficient (Wildman–Crippen LogP) is 2.15. The molecule has 0 bridgehead atoms. The lowest BCUT2D eigenvalue weighted by atomic mass is 10.1. The smallest absolute Gasteiger partial charge is 0.303 e. The monoisotopic (exact) mass is 191 g/mol. The van der Waals surface area contributed by atoms with Gasteiger partial charge in [-0.15, -0.1) is 0 Å². The first-order valence-electron chi connectivity index (χ1n) is 4.43. The second-order valence-electron chi connectivity index (χ2n) is 2.96. The largest absolute Gasteiger partial charge is 0.481 e. The van der Waals surface area contributed by atoms with Gasteiger partial charge in [-0.05, 0) is 18.1 Å². The van der Waals surface area contributed by atoms with Crippen molar-refractivity contribution < 1.29 is 9.90 Å². The second kappa shape index (κ2) is 5.07. The van der Waals surface area contributed by atoms with Gasteiger partial charge in [0.2, 0.25) is 0 Å². The van der Waals surface area contributed by atoms with E-state index in [1.165, 1.54) is 0 Å². The molecule has 3 heteroatoms. The molecule has 0 fully saturated rings. The molecular formula is C11H13NO2. The number of carboxylic acids is 1. The van der Waals surface area contributed by atoms with Gasteiger partial charge in [0.1, 0.15) is 0 Å². The minimum absolute atomic E-state index is 0.156. The summed E-state index contributed by atoms with van der Waals surface area (Å²) in [7, 11) is 0. The van der Waals surface area contributed by atoms with E-state index in [2.05, 4.69) is 0 Å². The van der Waals surface area contributed by atoms with Gasteiger partial charge in [-0.3, -0.25) is 4.79 Å². The van der Waals surface area contributed by atoms with Crippen molar-refractivity contribution in [3.63, 3.8) is 0 Å². The molecule has 0 saturated heterocycles. The minimum Gasteiger partial charge on any atom is -0.481 e. The molecular weight excluding hydrogens is 178 g/mol. The molecule has 0 radical (unpaired) electrons. The highest BCUT2D eigenvalue weighted by atomic mass is 16.4. The summed E-state index contributed by atoms with van der Waals surface area (Å²) in [4.78, 5) is 10.2. The number of allylic oxidation sites excluding steroid dienone is 1. The molecule has 3 nitrogen and oxygen atoms in total. The molecule has 0 spiro atoms. The fraction of sp³-hybridized carbons (Fsp3) is 0.182. The standard InChI is InChI=1S/C11H13NO2/c12-10-7-3-1-5-9(10)6-2-4-8-11(13)14/h1-3,5-7H,4,8,12H2,(H,13,14)/b6-2+. The van der Waals surface area contributed by atoms with Crippen molar-refractivity contribution in [1.82, 2.24) is 0 Å². The van der Waals surface area contributed by atoms with Crippen molar-refractivity contribution in [2.45, 2.75) is 12.8 Å². The Morgan fingerprint density at radius 2 is 2.14 bits per heavy atom. The molecule has 0 amide bonds. The molecule has 1 rings (SSSR count). The summed E-state index contributed by atoms with van der Waals surface area (Å²) in [6, 6.07) is 7.47. The number of carbonyl (C=O) groups is 1. The fourth-order valence-electron chi connectivity index (χ4n) is 1.08. The van der Waals surface area contributed by atoms with Crippen LogP contribution in [0.4, 0.5) is 5.69 Å². The molecule has 0 aliphatic carbocycles. The normalized spacial score (nSPS) is 10.6. The zero-order chi connectivity index (χ0) is 10.4. The average Bonchev–Trinajstić information content (AvgIpc) is 2.15. The maximum atomic E-state index is 10.2. The summed E-state index contributed by atoms with van der Waals surface area (Å²) >= 11 is 0. The van der Waals surface area contributed by atoms with Crippen LogP contribution in [0.25, 0.3) is 6.08 Å². The van der Waals surface area contributed by atoms with E-state index >= 15 is 0 Å². The van der Waals surface area contributed by atoms with E-state index < -0.39 is 5.97 Å². The van der Waals surface area contributed by atoms with Gasteiger partial charge in [-0.25, -0.2) is 0 Å². The lowest BCUT2D eigenvalue weighted by molar-refractivity contribution is -0.136. The number of nitrogen functional groups attached to an aromatic ring is 1. The van der Waals surface area contributed by atoms with Crippen molar-refractivity contribution in [3.05, 3.63) is 35.9 Å². The van der Waals surface area contributed by atoms with E-state index in [-0.39, 0.29) is 6.42 Å². The summed E-state index contributed by atoms with van der Waals surface area (Å²) < 4.78 is 0. The number of aliphatic carboxylic acids is 1. The first-order valence-corrected chi connectivity index (χ1v) is 4.43. The number of nitrogens with two attached hydrogens (primary N) is 1. The Balaban J connectivity index is 2.52. The predicted molar refractivity (Wildman–Crippen MR) is 56.8 cm³/mol. The van der Waals surface area contributed by atoms with Gasteiger partial charge in [-0.1, -0.05) is 30.4 Å². The molecule has 3 N–H and O–H groups in total. The van der Waals surface area contributed by atoms with Crippen LogP contribution in [0.3, 0.4) is 0 Å². The Morgan fingerprint density at radius 1 is 1.43 bits per heavy atom. The topological polar surface area (TPSA) is 63.3 Å². The first kappa shape index (κ1) is 10.3. The highest BCUT2D eigenvalue weighted by molar-refractivity contribution is 5.68. The molecule has 1 aromatic rings. The molecule has 0 unspecified atom stereocenters. The van der Waals surface area contributed by atoms with E-state index in [9.17, 15) is 4.79 Å². The van der Waals surface area contributed by atoms with Crippen LogP contribution in [-0.2, 0) is 4.79 Å². The molecule has 0 aliphatic rings. The van der Waals surface area contributed by atoms with Crippen LogP contribution in [0.1, 0.15) is 18.4 Å². The van der Waals surface area contributed by atoms with E-state index in [0.29, 0.717) is 12.1 Å². The van der Waals surface area contributed by atoms with Crippen LogP contribution < -0.4 is 5.73 Å². The van der Waals surface area contributed by atoms with Gasteiger partial charge in [0, 0.05) is 12.1 Å². The third kappa shape index (κ3) is 3.31. The van der Waals surface area contributed by atoms with Gasteiger partial charge in [0.05, 0.1) is 0 Å². The van der Waals surface area contributed by atoms with E-state index in [0.717, 1.165) is 5.56 Å². The van der Waals surface area contributed by atoms with Crippen LogP contribution in [-0.4, -0.2) is 11.1 Å². The van der Waals surface area contributed by atoms with E-state index in [1.54, 1.807) is 0 Å². The van der Waals surface area contributed by atoms with Crippen LogP contribution in [0.15, 0.2) is 30.3 Å². The number of hydrogen-bond acceptors (Lipinski definition) is 2. The number of hydrogen-bond donors (Lipinski definition) is 2. The summed E-state index contributed by atoms with van der Waals surface area (Å²) in [5.74, 6) is -0.782. The zero-order valence-corrected chi connectivity index (χ0v) is 7.81. The molecule has 0 atom stereocenters. The first-order chi connectivity index (χ1) is 6.70. The fourth-order valence-corrected chi connectivity index (χ4v) is 1.08. The third-order valence-corrected chi connectivity index (χ3v) is 1.82. The Kier molecular flexibility index (Phi) is 3.73. The molecule has 0 aliphatic heterocycles. The number of anilines is 1. The Morgan fingerprint density at radius 3 is 2.79 bits per heavy atom. The number of carboxylic acid groups (broad SMARTS) is 1. The Hall–Kier alpha value is -1.77. The summed E-state index contributed by atoms with van der Waals surface area (Å²) in [5, 5.41) is 8.41.